The van der Waals surface area contributed by atoms with Gasteiger partial charge >= 0.3 is 0 Å². The van der Waals surface area contributed by atoms with E-state index in [-0.39, 0.29) is 29.5 Å². The number of aliphatic hydroxyl groups excluding tert-OH is 1. The van der Waals surface area contributed by atoms with Crippen LogP contribution in [0.5, 0.6) is 0 Å². The number of amides is 1. The van der Waals surface area contributed by atoms with E-state index in [2.05, 4.69) is 37.4 Å². The first kappa shape index (κ1) is 29.5. The van der Waals surface area contributed by atoms with E-state index in [9.17, 15) is 9.90 Å². The number of likely N-dealkylation sites (N-methyl/N-ethyl adjacent to an activating group) is 1. The topological polar surface area (TPSA) is 139 Å². The van der Waals surface area contributed by atoms with Gasteiger partial charge in [0, 0.05) is 79.7 Å². The summed E-state index contributed by atoms with van der Waals surface area (Å²) in [6.45, 7) is 5.98. The Bertz CT molecular complexity index is 1690. The summed E-state index contributed by atoms with van der Waals surface area (Å²) in [5, 5.41) is 17.3. The summed E-state index contributed by atoms with van der Waals surface area (Å²) >= 11 is 0. The van der Waals surface area contributed by atoms with Crippen LogP contribution in [0.4, 0.5) is 27.4 Å². The fourth-order valence-electron chi connectivity index (χ4n) is 6.81. The third-order valence-corrected chi connectivity index (χ3v) is 9.50. The molecule has 0 atom stereocenters. The highest BCUT2D eigenvalue weighted by Crippen LogP contribution is 2.36. The molecule has 11 nitrogen and oxygen atoms in total. The van der Waals surface area contributed by atoms with Gasteiger partial charge in [0.1, 0.15) is 11.5 Å². The van der Waals surface area contributed by atoms with Gasteiger partial charge in [-0.1, -0.05) is 12.1 Å². The lowest BCUT2D eigenvalue weighted by Gasteiger charge is -2.42. The number of piperidine rings is 1. The number of primary amides is 1. The molecule has 0 bridgehead atoms. The van der Waals surface area contributed by atoms with Crippen LogP contribution in [-0.2, 0) is 0 Å². The summed E-state index contributed by atoms with van der Waals surface area (Å²) in [4.78, 5) is 32.4. The Hall–Kier alpha value is -4.26. The molecule has 1 amide bonds. The maximum atomic E-state index is 15.6. The van der Waals surface area contributed by atoms with Crippen LogP contribution in [0.25, 0.3) is 22.2 Å². The second kappa shape index (κ2) is 12.3. The Morgan fingerprint density at radius 3 is 2.51 bits per heavy atom. The number of carbonyl (C=O) groups excluding carboxylic acids is 1. The third-order valence-electron chi connectivity index (χ3n) is 9.50. The van der Waals surface area contributed by atoms with E-state index in [1.54, 1.807) is 12.1 Å². The molecule has 0 radical (unpaired) electrons. The second-order valence-electron chi connectivity index (χ2n) is 12.5. The average molecular weight is 614 g/mol. The van der Waals surface area contributed by atoms with Gasteiger partial charge in [-0.05, 0) is 63.1 Å². The van der Waals surface area contributed by atoms with Crippen molar-refractivity contribution in [3.63, 3.8) is 0 Å². The molecule has 2 aromatic heterocycles. The molecule has 3 fully saturated rings. The fourth-order valence-corrected chi connectivity index (χ4v) is 6.81. The molecule has 1 aliphatic carbocycles. The first-order chi connectivity index (χ1) is 21.8. The number of H-pyrrole nitrogens is 1. The molecular formula is C33H40FN9O2. The molecule has 0 spiro atoms. The molecule has 12 heteroatoms. The molecule has 1 saturated carbocycles. The van der Waals surface area contributed by atoms with Crippen molar-refractivity contribution in [2.75, 3.05) is 61.8 Å². The fraction of sp³-hybridized carbons (Fsp3) is 0.424. The van der Waals surface area contributed by atoms with E-state index in [0.29, 0.717) is 41.8 Å². The molecule has 236 valence electrons. The zero-order valence-corrected chi connectivity index (χ0v) is 25.5. The summed E-state index contributed by atoms with van der Waals surface area (Å²) in [6, 6.07) is 13.3. The third kappa shape index (κ3) is 6.05. The number of piperazine rings is 1. The zero-order valence-electron chi connectivity index (χ0n) is 25.5. The van der Waals surface area contributed by atoms with Crippen molar-refractivity contribution in [3.8, 4) is 11.3 Å². The van der Waals surface area contributed by atoms with Crippen LogP contribution in [0, 0.1) is 5.82 Å². The summed E-state index contributed by atoms with van der Waals surface area (Å²) < 4.78 is 15.6. The molecule has 3 aliphatic rings. The highest BCUT2D eigenvalue weighted by molar-refractivity contribution is 6.01. The first-order valence-corrected chi connectivity index (χ1v) is 15.8. The number of hydrogen-bond donors (Lipinski definition) is 5. The van der Waals surface area contributed by atoms with E-state index in [0.717, 1.165) is 68.6 Å². The van der Waals surface area contributed by atoms with Crippen molar-refractivity contribution in [1.29, 1.82) is 0 Å². The van der Waals surface area contributed by atoms with E-state index in [1.807, 2.05) is 30.5 Å². The monoisotopic (exact) mass is 613 g/mol. The minimum absolute atomic E-state index is 0.00266. The maximum absolute atomic E-state index is 15.6. The molecule has 2 saturated heterocycles. The average Bonchev–Trinajstić information content (AvgIpc) is 3.51. The Morgan fingerprint density at radius 2 is 1.80 bits per heavy atom. The summed E-state index contributed by atoms with van der Waals surface area (Å²) in [7, 11) is 2.17. The number of halogens is 1. The number of rotatable bonds is 8. The molecule has 7 rings (SSSR count). The quantitative estimate of drug-likeness (QED) is 0.201. The lowest BCUT2D eigenvalue weighted by Crippen LogP contribution is -2.52. The first-order valence-electron chi connectivity index (χ1n) is 15.8. The largest absolute Gasteiger partial charge is 0.393 e. The van der Waals surface area contributed by atoms with Gasteiger partial charge in [-0.15, -0.1) is 0 Å². The van der Waals surface area contributed by atoms with Crippen LogP contribution < -0.4 is 21.3 Å². The zero-order chi connectivity index (χ0) is 31.1. The highest BCUT2D eigenvalue weighted by Gasteiger charge is 2.30. The van der Waals surface area contributed by atoms with Crippen molar-refractivity contribution in [3.05, 3.63) is 60.2 Å². The number of aromatic amines is 1. The number of nitrogens with one attached hydrogen (secondary N) is 3. The molecular weight excluding hydrogens is 573 g/mol. The Kier molecular flexibility index (Phi) is 8.03. The number of fused-ring (bicyclic) bond motifs is 1. The lowest BCUT2D eigenvalue weighted by molar-refractivity contribution is 0.0835. The van der Waals surface area contributed by atoms with Gasteiger partial charge in [0.25, 0.3) is 5.91 Å². The molecule has 2 aliphatic heterocycles. The van der Waals surface area contributed by atoms with Crippen LogP contribution in [0.1, 0.15) is 36.2 Å². The Morgan fingerprint density at radius 1 is 1.02 bits per heavy atom. The SMILES string of the molecule is CN1CCN(C2CCN(c3ccc(Nc4nc(N[C@H]5C[C@H](O)C5)c(-c5cccc6[nH]ccc56)nc4C(N)=O)cc3F)CC2)CC1. The number of anilines is 4. The number of benzene rings is 2. The number of carbonyl (C=O) groups is 1. The summed E-state index contributed by atoms with van der Waals surface area (Å²) in [6.07, 6.45) is 4.66. The lowest BCUT2D eigenvalue weighted by atomic mass is 9.89. The van der Waals surface area contributed by atoms with Crippen LogP contribution in [0.15, 0.2) is 48.7 Å². The van der Waals surface area contributed by atoms with E-state index < -0.39 is 5.91 Å². The number of aliphatic hydroxyl groups is 1. The van der Waals surface area contributed by atoms with Gasteiger partial charge in [-0.2, -0.15) is 0 Å². The van der Waals surface area contributed by atoms with Crippen molar-refractivity contribution < 1.29 is 14.3 Å². The summed E-state index contributed by atoms with van der Waals surface area (Å²) in [5.74, 6) is -0.508. The van der Waals surface area contributed by atoms with E-state index in [4.69, 9.17) is 15.7 Å². The van der Waals surface area contributed by atoms with Crippen molar-refractivity contribution in [2.45, 2.75) is 43.9 Å². The van der Waals surface area contributed by atoms with Crippen LogP contribution in [-0.4, -0.2) is 100 Å². The number of aromatic nitrogens is 3. The molecule has 0 unspecified atom stereocenters. The van der Waals surface area contributed by atoms with Crippen LogP contribution in [0.3, 0.4) is 0 Å². The number of hydrogen-bond acceptors (Lipinski definition) is 9. The van der Waals surface area contributed by atoms with E-state index in [1.165, 1.54) is 6.07 Å². The van der Waals surface area contributed by atoms with Gasteiger partial charge in [0.2, 0.25) is 0 Å². The van der Waals surface area contributed by atoms with Crippen molar-refractivity contribution in [2.24, 2.45) is 5.73 Å². The normalized spacial score (nSPS) is 21.5. The molecule has 6 N–H and O–H groups in total. The minimum atomic E-state index is -0.751. The van der Waals surface area contributed by atoms with Crippen LogP contribution >= 0.6 is 0 Å². The maximum Gasteiger partial charge on any atom is 0.271 e. The second-order valence-corrected chi connectivity index (χ2v) is 12.5. The minimum Gasteiger partial charge on any atom is -0.393 e. The molecule has 4 heterocycles. The molecule has 45 heavy (non-hydrogen) atoms. The van der Waals surface area contributed by atoms with Gasteiger partial charge in [0.15, 0.2) is 17.3 Å². The highest BCUT2D eigenvalue weighted by atomic mass is 19.1. The van der Waals surface area contributed by atoms with Crippen molar-refractivity contribution in [1.82, 2.24) is 24.8 Å². The van der Waals surface area contributed by atoms with Gasteiger partial charge in [0.05, 0.1) is 11.8 Å². The predicted molar refractivity (Wildman–Crippen MR) is 174 cm³/mol. The Balaban J connectivity index is 1.13. The van der Waals surface area contributed by atoms with Crippen molar-refractivity contribution >= 4 is 39.8 Å². The Labute approximate surface area is 261 Å². The van der Waals surface area contributed by atoms with Gasteiger partial charge in [-0.25, -0.2) is 14.4 Å². The number of nitrogens with two attached hydrogens (primary N) is 1. The van der Waals surface area contributed by atoms with Gasteiger partial charge < -0.3 is 36.3 Å². The van der Waals surface area contributed by atoms with E-state index >= 15 is 4.39 Å². The predicted octanol–water partition coefficient (Wildman–Crippen LogP) is 3.76. The van der Waals surface area contributed by atoms with Crippen LogP contribution in [0.2, 0.25) is 0 Å². The summed E-state index contributed by atoms with van der Waals surface area (Å²) in [5.41, 5.74) is 8.94. The molecule has 4 aromatic rings. The standard InChI is InChI=1S/C33H40FN9O2/c1-41-13-15-42(16-14-41)22-8-11-43(12-9-22)28-6-5-20(19-26(28)34)37-33-30(31(35)45)39-29(32(40-33)38-21-17-23(44)18-21)25-3-2-4-27-24(25)7-10-36-27/h2-7,10,19,21-23,36,44H,8-9,11-18H2,1H3,(H2,35,45)(H2,37,38,40)/t21-,23-. The van der Waals surface area contributed by atoms with Gasteiger partial charge in [-0.3, -0.25) is 9.69 Å². The smallest absolute Gasteiger partial charge is 0.271 e. The molecule has 2 aromatic carbocycles. The number of nitrogens with zero attached hydrogens (tertiary/aromatic N) is 5.